The van der Waals surface area contributed by atoms with Crippen molar-refractivity contribution in [2.45, 2.75) is 70.0 Å². The Balaban J connectivity index is 1.27. The molecule has 1 fully saturated rings. The van der Waals surface area contributed by atoms with Gasteiger partial charge in [0.25, 0.3) is 0 Å². The van der Waals surface area contributed by atoms with Crippen molar-refractivity contribution in [3.05, 3.63) is 65.6 Å². The van der Waals surface area contributed by atoms with E-state index in [0.29, 0.717) is 54.2 Å². The molecule has 1 saturated heterocycles. The van der Waals surface area contributed by atoms with Crippen molar-refractivity contribution in [2.24, 2.45) is 0 Å². The van der Waals surface area contributed by atoms with E-state index in [1.165, 1.54) is 0 Å². The topological polar surface area (TPSA) is 84.7 Å². The smallest absolute Gasteiger partial charge is 0.243 e. The number of hydrogen-bond acceptors (Lipinski definition) is 5. The zero-order valence-electron chi connectivity index (χ0n) is 22.4. The van der Waals surface area contributed by atoms with E-state index in [1.54, 1.807) is 29.7 Å². The van der Waals surface area contributed by atoms with E-state index in [4.69, 9.17) is 4.74 Å². The molecule has 4 heterocycles. The Kier molecular flexibility index (Phi) is 7.59. The van der Waals surface area contributed by atoms with Crippen LogP contribution in [0.25, 0.3) is 11.3 Å². The number of ether oxygens (including phenoxy) is 1. The lowest BCUT2D eigenvalue weighted by atomic mass is 10.00. The molecule has 1 amide bonds. The summed E-state index contributed by atoms with van der Waals surface area (Å²) in [5.41, 5.74) is 4.66. The summed E-state index contributed by atoms with van der Waals surface area (Å²) in [5, 5.41) is 0. The van der Waals surface area contributed by atoms with Gasteiger partial charge in [0.2, 0.25) is 15.9 Å². The molecular formula is C29H36N4O4S. The van der Waals surface area contributed by atoms with Crippen LogP contribution in [-0.2, 0) is 27.9 Å². The number of sulfonamides is 1. The third-order valence-electron chi connectivity index (χ3n) is 7.83. The van der Waals surface area contributed by atoms with Gasteiger partial charge in [-0.25, -0.2) is 8.42 Å². The number of methoxy groups -OCH3 is 1. The standard InChI is InChI=1S/C29H36N4O4S/c1-21-17-26(37-3)18-22(2)29(21)38(35,36)33-14-5-4-8-24(33)10-12-28(34)31-15-16-32-25(20-31)9-11-27(32)23-7-6-13-30-19-23/h6-7,9,11,13,17-19,24H,4-5,8,10,12,14-16,20H2,1-3H3. The first-order chi connectivity index (χ1) is 18.3. The number of rotatable bonds is 7. The monoisotopic (exact) mass is 536 g/mol. The van der Waals surface area contributed by atoms with Gasteiger partial charge in [-0.2, -0.15) is 4.31 Å². The number of nitrogens with zero attached hydrogens (tertiary/aromatic N) is 4. The summed E-state index contributed by atoms with van der Waals surface area (Å²) < 4.78 is 36.9. The minimum absolute atomic E-state index is 0.0834. The van der Waals surface area contributed by atoms with E-state index in [2.05, 4.69) is 21.7 Å². The van der Waals surface area contributed by atoms with Gasteiger partial charge in [-0.3, -0.25) is 9.78 Å². The summed E-state index contributed by atoms with van der Waals surface area (Å²) in [6, 6.07) is 11.5. The van der Waals surface area contributed by atoms with E-state index < -0.39 is 10.0 Å². The number of fused-ring (bicyclic) bond motifs is 1. The lowest BCUT2D eigenvalue weighted by molar-refractivity contribution is -0.133. The lowest BCUT2D eigenvalue weighted by Crippen LogP contribution is -2.45. The average molecular weight is 537 g/mol. The summed E-state index contributed by atoms with van der Waals surface area (Å²) in [4.78, 5) is 19.8. The number of carbonyl (C=O) groups excluding carboxylic acids is 1. The van der Waals surface area contributed by atoms with Crippen LogP contribution in [-0.4, -0.2) is 59.3 Å². The Morgan fingerprint density at radius 3 is 2.58 bits per heavy atom. The molecule has 1 aromatic carbocycles. The Bertz CT molecular complexity index is 1390. The maximum absolute atomic E-state index is 13.8. The molecule has 38 heavy (non-hydrogen) atoms. The van der Waals surface area contributed by atoms with E-state index in [-0.39, 0.29) is 11.9 Å². The van der Waals surface area contributed by atoms with Crippen LogP contribution in [0.1, 0.15) is 48.9 Å². The number of amides is 1. The summed E-state index contributed by atoms with van der Waals surface area (Å²) >= 11 is 0. The van der Waals surface area contributed by atoms with E-state index in [1.807, 2.05) is 37.1 Å². The molecule has 3 aromatic rings. The van der Waals surface area contributed by atoms with Crippen LogP contribution in [0.2, 0.25) is 0 Å². The zero-order valence-corrected chi connectivity index (χ0v) is 23.2. The van der Waals surface area contributed by atoms with E-state index in [0.717, 1.165) is 42.8 Å². The molecule has 0 spiro atoms. The maximum atomic E-state index is 13.8. The van der Waals surface area contributed by atoms with Crippen molar-refractivity contribution >= 4 is 15.9 Å². The van der Waals surface area contributed by atoms with Crippen molar-refractivity contribution in [3.8, 4) is 17.0 Å². The SMILES string of the molecule is COc1cc(C)c(S(=O)(=O)N2CCCCC2CCC(=O)N2CCn3c(ccc3-c3cccnc3)C2)c(C)c1. The molecule has 1 atom stereocenters. The molecule has 1 unspecified atom stereocenters. The minimum Gasteiger partial charge on any atom is -0.497 e. The second-order valence-corrected chi connectivity index (χ2v) is 12.1. The highest BCUT2D eigenvalue weighted by molar-refractivity contribution is 7.89. The molecule has 0 bridgehead atoms. The Morgan fingerprint density at radius 2 is 1.87 bits per heavy atom. The van der Waals surface area contributed by atoms with Gasteiger partial charge in [0.1, 0.15) is 5.75 Å². The average Bonchev–Trinajstić information content (AvgIpc) is 3.35. The number of aromatic nitrogens is 2. The first-order valence-electron chi connectivity index (χ1n) is 13.3. The second-order valence-electron chi connectivity index (χ2n) is 10.3. The number of aryl methyl sites for hydroxylation is 2. The zero-order chi connectivity index (χ0) is 26.9. The van der Waals surface area contributed by atoms with Gasteiger partial charge in [0, 0.05) is 61.4 Å². The molecule has 9 heteroatoms. The molecule has 0 aliphatic carbocycles. The third kappa shape index (κ3) is 5.09. The Labute approximate surface area is 225 Å². The minimum atomic E-state index is -3.69. The number of carbonyl (C=O) groups is 1. The normalized spacial score (nSPS) is 18.3. The maximum Gasteiger partial charge on any atom is 0.243 e. The molecule has 0 N–H and O–H groups in total. The molecule has 202 valence electrons. The predicted molar refractivity (Wildman–Crippen MR) is 146 cm³/mol. The molecule has 5 rings (SSSR count). The van der Waals surface area contributed by atoms with Gasteiger partial charge in [-0.1, -0.05) is 6.42 Å². The fraction of sp³-hybridized carbons (Fsp3) is 0.448. The van der Waals surface area contributed by atoms with Gasteiger partial charge in [0.05, 0.1) is 18.6 Å². The highest BCUT2D eigenvalue weighted by Crippen LogP contribution is 2.33. The van der Waals surface area contributed by atoms with Gasteiger partial charge >= 0.3 is 0 Å². The van der Waals surface area contributed by atoms with Gasteiger partial charge < -0.3 is 14.2 Å². The first-order valence-corrected chi connectivity index (χ1v) is 14.8. The molecule has 2 aromatic heterocycles. The van der Waals surface area contributed by atoms with Crippen LogP contribution < -0.4 is 4.74 Å². The van der Waals surface area contributed by atoms with E-state index in [9.17, 15) is 13.2 Å². The number of benzene rings is 1. The number of hydrogen-bond donors (Lipinski definition) is 0. The van der Waals surface area contributed by atoms with Crippen LogP contribution in [0, 0.1) is 13.8 Å². The fourth-order valence-electron chi connectivity index (χ4n) is 5.97. The van der Waals surface area contributed by atoms with Crippen LogP contribution in [0.3, 0.4) is 0 Å². The van der Waals surface area contributed by atoms with Crippen molar-refractivity contribution in [1.29, 1.82) is 0 Å². The van der Waals surface area contributed by atoms with Crippen molar-refractivity contribution in [3.63, 3.8) is 0 Å². The highest BCUT2D eigenvalue weighted by atomic mass is 32.2. The summed E-state index contributed by atoms with van der Waals surface area (Å²) in [6.45, 7) is 6.06. The quantitative estimate of drug-likeness (QED) is 0.443. The number of pyridine rings is 1. The lowest BCUT2D eigenvalue weighted by Gasteiger charge is -2.36. The number of piperidine rings is 1. The largest absolute Gasteiger partial charge is 0.497 e. The Hall–Kier alpha value is -3.17. The van der Waals surface area contributed by atoms with E-state index >= 15 is 0 Å². The van der Waals surface area contributed by atoms with Gasteiger partial charge in [-0.15, -0.1) is 0 Å². The third-order valence-corrected chi connectivity index (χ3v) is 10.1. The summed E-state index contributed by atoms with van der Waals surface area (Å²) in [6.07, 6.45) is 7.08. The van der Waals surface area contributed by atoms with Gasteiger partial charge in [0.15, 0.2) is 0 Å². The van der Waals surface area contributed by atoms with Crippen molar-refractivity contribution in [1.82, 2.24) is 18.8 Å². The highest BCUT2D eigenvalue weighted by Gasteiger charge is 2.36. The molecule has 0 radical (unpaired) electrons. The van der Waals surface area contributed by atoms with Crippen LogP contribution in [0.5, 0.6) is 5.75 Å². The van der Waals surface area contributed by atoms with Crippen LogP contribution >= 0.6 is 0 Å². The van der Waals surface area contributed by atoms with Crippen LogP contribution in [0.4, 0.5) is 0 Å². The van der Waals surface area contributed by atoms with Crippen molar-refractivity contribution < 1.29 is 17.9 Å². The van der Waals surface area contributed by atoms with Crippen LogP contribution in [0.15, 0.2) is 53.7 Å². The molecular weight excluding hydrogens is 500 g/mol. The Morgan fingerprint density at radius 1 is 1.08 bits per heavy atom. The summed E-state index contributed by atoms with van der Waals surface area (Å²) in [7, 11) is -2.11. The first kappa shape index (κ1) is 26.4. The molecule has 2 aliphatic rings. The van der Waals surface area contributed by atoms with Crippen molar-refractivity contribution in [2.75, 3.05) is 20.2 Å². The molecule has 2 aliphatic heterocycles. The fourth-order valence-corrected chi connectivity index (χ4v) is 8.11. The second kappa shape index (κ2) is 10.9. The summed E-state index contributed by atoms with van der Waals surface area (Å²) in [5.74, 6) is 0.736. The van der Waals surface area contributed by atoms with Gasteiger partial charge in [-0.05, 0) is 80.6 Å². The predicted octanol–water partition coefficient (Wildman–Crippen LogP) is 4.54. The molecule has 8 nitrogen and oxygen atoms in total. The molecule has 0 saturated carbocycles.